The van der Waals surface area contributed by atoms with Crippen LogP contribution in [0.3, 0.4) is 0 Å². The molecule has 0 aromatic heterocycles. The van der Waals surface area contributed by atoms with Crippen LogP contribution in [0.2, 0.25) is 0 Å². The van der Waals surface area contributed by atoms with Crippen LogP contribution >= 0.6 is 0 Å². The van der Waals surface area contributed by atoms with E-state index >= 15 is 0 Å². The predicted molar refractivity (Wildman–Crippen MR) is 56.9 cm³/mol. The third-order valence-electron chi connectivity index (χ3n) is 2.78. The van der Waals surface area contributed by atoms with Gasteiger partial charge in [0, 0.05) is 5.57 Å². The fourth-order valence-corrected chi connectivity index (χ4v) is 2.01. The standard InChI is InChI=1S/C12H17F3O/c1-2-5-10(16)8-9-6-3-4-7-11(9)12(13,14)15/h3-4,7,9-10,16H,2,5-6,8H2,1H3. The Balaban J connectivity index is 2.66. The molecule has 0 saturated carbocycles. The number of hydrogen-bond donors (Lipinski definition) is 1. The van der Waals surface area contributed by atoms with Crippen molar-refractivity contribution >= 4 is 0 Å². The van der Waals surface area contributed by atoms with E-state index in [-0.39, 0.29) is 6.42 Å². The Hall–Kier alpha value is -0.770. The van der Waals surface area contributed by atoms with Crippen LogP contribution < -0.4 is 0 Å². The minimum atomic E-state index is -4.28. The zero-order valence-corrected chi connectivity index (χ0v) is 9.30. The first-order valence-electron chi connectivity index (χ1n) is 5.57. The monoisotopic (exact) mass is 234 g/mol. The molecule has 1 aliphatic rings. The van der Waals surface area contributed by atoms with E-state index in [0.29, 0.717) is 12.8 Å². The second-order valence-electron chi connectivity index (χ2n) is 4.16. The average molecular weight is 234 g/mol. The number of halogens is 3. The van der Waals surface area contributed by atoms with Gasteiger partial charge in [-0.05, 0) is 25.2 Å². The highest BCUT2D eigenvalue weighted by Gasteiger charge is 2.38. The number of alkyl halides is 3. The number of rotatable bonds is 4. The number of aliphatic hydroxyl groups is 1. The van der Waals surface area contributed by atoms with Gasteiger partial charge in [0.05, 0.1) is 6.10 Å². The molecule has 0 radical (unpaired) electrons. The van der Waals surface area contributed by atoms with Crippen LogP contribution in [0.1, 0.15) is 32.6 Å². The molecule has 1 rings (SSSR count). The van der Waals surface area contributed by atoms with Gasteiger partial charge in [-0.15, -0.1) is 0 Å². The molecule has 1 N–H and O–H groups in total. The van der Waals surface area contributed by atoms with Gasteiger partial charge in [0.1, 0.15) is 0 Å². The van der Waals surface area contributed by atoms with Gasteiger partial charge in [-0.1, -0.05) is 31.6 Å². The lowest BCUT2D eigenvalue weighted by Crippen LogP contribution is -2.24. The highest BCUT2D eigenvalue weighted by molar-refractivity contribution is 5.24. The fourth-order valence-electron chi connectivity index (χ4n) is 2.01. The van der Waals surface area contributed by atoms with Gasteiger partial charge in [0.15, 0.2) is 0 Å². The Morgan fingerprint density at radius 2 is 2.19 bits per heavy atom. The van der Waals surface area contributed by atoms with E-state index in [0.717, 1.165) is 12.5 Å². The zero-order valence-electron chi connectivity index (χ0n) is 9.30. The number of allylic oxidation sites excluding steroid dienone is 4. The number of aliphatic hydroxyl groups excluding tert-OH is 1. The highest BCUT2D eigenvalue weighted by Crippen LogP contribution is 2.37. The van der Waals surface area contributed by atoms with Gasteiger partial charge in [0.2, 0.25) is 0 Å². The lowest BCUT2D eigenvalue weighted by molar-refractivity contribution is -0.101. The van der Waals surface area contributed by atoms with Crippen molar-refractivity contribution in [2.45, 2.75) is 44.9 Å². The molecule has 0 fully saturated rings. The van der Waals surface area contributed by atoms with E-state index in [4.69, 9.17) is 0 Å². The van der Waals surface area contributed by atoms with Crippen molar-refractivity contribution in [2.75, 3.05) is 0 Å². The van der Waals surface area contributed by atoms with Gasteiger partial charge < -0.3 is 5.11 Å². The Morgan fingerprint density at radius 1 is 1.50 bits per heavy atom. The SMILES string of the molecule is CCCC(O)CC1CC=CC=C1C(F)(F)F. The van der Waals surface area contributed by atoms with Crippen LogP contribution in [0, 0.1) is 5.92 Å². The van der Waals surface area contributed by atoms with Crippen molar-refractivity contribution in [1.82, 2.24) is 0 Å². The van der Waals surface area contributed by atoms with Crippen LogP contribution in [-0.2, 0) is 0 Å². The first-order chi connectivity index (χ1) is 7.45. The van der Waals surface area contributed by atoms with Crippen molar-refractivity contribution in [3.05, 3.63) is 23.8 Å². The van der Waals surface area contributed by atoms with Crippen LogP contribution in [0.5, 0.6) is 0 Å². The highest BCUT2D eigenvalue weighted by atomic mass is 19.4. The molecule has 16 heavy (non-hydrogen) atoms. The summed E-state index contributed by atoms with van der Waals surface area (Å²) in [6.07, 6.45) is 1.28. The molecular weight excluding hydrogens is 217 g/mol. The average Bonchev–Trinajstić information content (AvgIpc) is 2.17. The fraction of sp³-hybridized carbons (Fsp3) is 0.667. The molecule has 0 aliphatic heterocycles. The zero-order chi connectivity index (χ0) is 12.2. The molecule has 0 aromatic rings. The summed E-state index contributed by atoms with van der Waals surface area (Å²) < 4.78 is 37.9. The smallest absolute Gasteiger partial charge is 0.393 e. The molecule has 1 aliphatic carbocycles. The molecule has 0 amide bonds. The normalized spacial score (nSPS) is 23.1. The topological polar surface area (TPSA) is 20.2 Å². The molecule has 0 heterocycles. The lowest BCUT2D eigenvalue weighted by Gasteiger charge is -2.25. The molecule has 4 heteroatoms. The second-order valence-corrected chi connectivity index (χ2v) is 4.16. The summed E-state index contributed by atoms with van der Waals surface area (Å²) >= 11 is 0. The van der Waals surface area contributed by atoms with Gasteiger partial charge in [0.25, 0.3) is 0 Å². The molecule has 0 bridgehead atoms. The second kappa shape index (κ2) is 5.53. The van der Waals surface area contributed by atoms with Crippen molar-refractivity contribution in [1.29, 1.82) is 0 Å². The molecule has 0 aromatic carbocycles. The van der Waals surface area contributed by atoms with E-state index in [2.05, 4.69) is 0 Å². The summed E-state index contributed by atoms with van der Waals surface area (Å²) in [6, 6.07) is 0. The maximum Gasteiger partial charge on any atom is 0.412 e. The van der Waals surface area contributed by atoms with Gasteiger partial charge in [-0.25, -0.2) is 0 Å². The maximum atomic E-state index is 12.6. The Kier molecular flexibility index (Phi) is 4.59. The largest absolute Gasteiger partial charge is 0.412 e. The van der Waals surface area contributed by atoms with Gasteiger partial charge in [-0.3, -0.25) is 0 Å². The van der Waals surface area contributed by atoms with E-state index in [1.807, 2.05) is 6.92 Å². The van der Waals surface area contributed by atoms with Crippen LogP contribution in [0.4, 0.5) is 13.2 Å². The summed E-state index contributed by atoms with van der Waals surface area (Å²) in [4.78, 5) is 0. The Morgan fingerprint density at radius 3 is 2.75 bits per heavy atom. The Bertz CT molecular complexity index is 278. The van der Waals surface area contributed by atoms with Gasteiger partial charge in [-0.2, -0.15) is 13.2 Å². The van der Waals surface area contributed by atoms with Gasteiger partial charge >= 0.3 is 6.18 Å². The van der Waals surface area contributed by atoms with Crippen molar-refractivity contribution < 1.29 is 18.3 Å². The molecule has 1 nitrogen and oxygen atoms in total. The summed E-state index contributed by atoms with van der Waals surface area (Å²) in [5.74, 6) is -0.591. The minimum absolute atomic E-state index is 0.198. The first-order valence-corrected chi connectivity index (χ1v) is 5.57. The van der Waals surface area contributed by atoms with E-state index in [9.17, 15) is 18.3 Å². The molecule has 2 unspecified atom stereocenters. The summed E-state index contributed by atoms with van der Waals surface area (Å²) in [5.41, 5.74) is -0.509. The van der Waals surface area contributed by atoms with E-state index < -0.39 is 23.8 Å². The molecule has 92 valence electrons. The third-order valence-corrected chi connectivity index (χ3v) is 2.78. The number of hydrogen-bond acceptors (Lipinski definition) is 1. The van der Waals surface area contributed by atoms with E-state index in [1.54, 1.807) is 6.08 Å². The summed E-state index contributed by atoms with van der Waals surface area (Å²) in [5, 5.41) is 9.57. The van der Waals surface area contributed by atoms with Crippen LogP contribution in [0.15, 0.2) is 23.8 Å². The van der Waals surface area contributed by atoms with Crippen molar-refractivity contribution in [2.24, 2.45) is 5.92 Å². The first kappa shape index (κ1) is 13.3. The molecular formula is C12H17F3O. The summed E-state index contributed by atoms with van der Waals surface area (Å²) in [7, 11) is 0. The lowest BCUT2D eigenvalue weighted by atomic mass is 9.85. The van der Waals surface area contributed by atoms with Crippen LogP contribution in [0.25, 0.3) is 0 Å². The maximum absolute atomic E-state index is 12.6. The minimum Gasteiger partial charge on any atom is -0.393 e. The molecule has 0 saturated heterocycles. The van der Waals surface area contributed by atoms with Crippen molar-refractivity contribution in [3.8, 4) is 0 Å². The molecule has 0 spiro atoms. The quantitative estimate of drug-likeness (QED) is 0.788. The third kappa shape index (κ3) is 3.67. The predicted octanol–water partition coefficient (Wildman–Crippen LogP) is 3.60. The molecule has 2 atom stereocenters. The van der Waals surface area contributed by atoms with E-state index in [1.165, 1.54) is 6.08 Å². The van der Waals surface area contributed by atoms with Crippen molar-refractivity contribution in [3.63, 3.8) is 0 Å². The van der Waals surface area contributed by atoms with Crippen LogP contribution in [-0.4, -0.2) is 17.4 Å². The summed E-state index contributed by atoms with van der Waals surface area (Å²) in [6.45, 7) is 1.91. The Labute approximate surface area is 93.7 Å².